The molecule has 0 aliphatic heterocycles. The number of hydrogen-bond acceptors (Lipinski definition) is 5. The summed E-state index contributed by atoms with van der Waals surface area (Å²) in [6.45, 7) is 16.1. The zero-order valence-electron chi connectivity index (χ0n) is 16.2. The molecule has 0 amide bonds. The Kier molecular flexibility index (Phi) is 8.55. The average Bonchev–Trinajstić information content (AvgIpc) is 2.96. The summed E-state index contributed by atoms with van der Waals surface area (Å²) in [6.07, 6.45) is 6.65. The minimum atomic E-state index is -0.292. The van der Waals surface area contributed by atoms with Crippen LogP contribution in [0.4, 0.5) is 0 Å². The molecule has 140 valence electrons. The lowest BCUT2D eigenvalue weighted by atomic mass is 10.1. The van der Waals surface area contributed by atoms with Crippen LogP contribution in [0.5, 0.6) is 0 Å². The van der Waals surface area contributed by atoms with Gasteiger partial charge in [-0.3, -0.25) is 4.79 Å². The van der Waals surface area contributed by atoms with Gasteiger partial charge in [0.2, 0.25) is 0 Å². The minimum Gasteiger partial charge on any atom is -0.380 e. The highest BCUT2D eigenvalue weighted by Gasteiger charge is 2.20. The second-order valence-electron chi connectivity index (χ2n) is 7.23. The fraction of sp³-hybridized carbons (Fsp3) is 0.632. The van der Waals surface area contributed by atoms with Gasteiger partial charge < -0.3 is 10.1 Å². The quantitative estimate of drug-likeness (QED) is 0.464. The molecule has 6 heteroatoms. The van der Waals surface area contributed by atoms with E-state index in [0.717, 1.165) is 18.7 Å². The van der Waals surface area contributed by atoms with Gasteiger partial charge in [-0.1, -0.05) is 32.6 Å². The third-order valence-corrected chi connectivity index (χ3v) is 3.63. The Morgan fingerprint density at radius 1 is 1.44 bits per heavy atom. The Morgan fingerprint density at radius 3 is 2.80 bits per heavy atom. The third kappa shape index (κ3) is 9.19. The molecule has 0 bridgehead atoms. The first-order valence-electron chi connectivity index (χ1n) is 8.88. The maximum absolute atomic E-state index is 11.2. The number of aromatic nitrogens is 3. The van der Waals surface area contributed by atoms with Crippen LogP contribution in [0.1, 0.15) is 53.2 Å². The van der Waals surface area contributed by atoms with Crippen molar-refractivity contribution in [1.82, 2.24) is 20.3 Å². The highest BCUT2D eigenvalue weighted by molar-refractivity contribution is 5.89. The van der Waals surface area contributed by atoms with Crippen molar-refractivity contribution in [1.29, 1.82) is 0 Å². The molecule has 1 rings (SSSR count). The van der Waals surface area contributed by atoms with Crippen LogP contribution in [-0.2, 0) is 22.6 Å². The molecule has 0 atom stereocenters. The van der Waals surface area contributed by atoms with E-state index in [1.165, 1.54) is 6.08 Å². The highest BCUT2D eigenvalue weighted by Crippen LogP contribution is 2.14. The van der Waals surface area contributed by atoms with Crippen LogP contribution in [0.15, 0.2) is 30.6 Å². The molecule has 25 heavy (non-hydrogen) atoms. The van der Waals surface area contributed by atoms with E-state index in [0.29, 0.717) is 31.1 Å². The van der Waals surface area contributed by atoms with Gasteiger partial charge in [-0.05, 0) is 38.3 Å². The summed E-state index contributed by atoms with van der Waals surface area (Å²) in [5.74, 6) is 0.711. The Bertz CT molecular complexity index is 588. The Morgan fingerprint density at radius 2 is 2.16 bits per heavy atom. The molecule has 6 nitrogen and oxygen atoms in total. The van der Waals surface area contributed by atoms with E-state index in [-0.39, 0.29) is 11.4 Å². The summed E-state index contributed by atoms with van der Waals surface area (Å²) in [7, 11) is 0. The van der Waals surface area contributed by atoms with Crippen LogP contribution in [0.3, 0.4) is 0 Å². The van der Waals surface area contributed by atoms with Crippen molar-refractivity contribution < 1.29 is 9.53 Å². The largest absolute Gasteiger partial charge is 0.380 e. The summed E-state index contributed by atoms with van der Waals surface area (Å²) in [6, 6.07) is 0. The van der Waals surface area contributed by atoms with Crippen LogP contribution in [0.2, 0.25) is 0 Å². The summed E-state index contributed by atoms with van der Waals surface area (Å²) >= 11 is 0. The predicted octanol–water partition coefficient (Wildman–Crippen LogP) is 3.26. The maximum Gasteiger partial charge on any atom is 0.155 e. The SMILES string of the molecule is C=C(/C=C/C(=O)CC)NCc1cn(CC(C)(C)OCCC(C)C)nn1. The maximum atomic E-state index is 11.2. The number of ketones is 1. The van der Waals surface area contributed by atoms with E-state index in [1.54, 1.807) is 10.8 Å². The monoisotopic (exact) mass is 348 g/mol. The van der Waals surface area contributed by atoms with Gasteiger partial charge in [0.15, 0.2) is 5.78 Å². The van der Waals surface area contributed by atoms with E-state index in [1.807, 2.05) is 13.1 Å². The van der Waals surface area contributed by atoms with Crippen LogP contribution in [-0.4, -0.2) is 33.0 Å². The van der Waals surface area contributed by atoms with Crippen LogP contribution < -0.4 is 5.32 Å². The van der Waals surface area contributed by atoms with Gasteiger partial charge in [0, 0.05) is 18.7 Å². The molecule has 1 N–H and O–H groups in total. The molecule has 1 heterocycles. The number of nitrogens with zero attached hydrogens (tertiary/aromatic N) is 3. The van der Waals surface area contributed by atoms with E-state index in [9.17, 15) is 4.79 Å². The van der Waals surface area contributed by atoms with E-state index >= 15 is 0 Å². The topological polar surface area (TPSA) is 69.0 Å². The molecule has 0 saturated carbocycles. The molecular formula is C19H32N4O2. The van der Waals surface area contributed by atoms with Crippen molar-refractivity contribution in [2.24, 2.45) is 5.92 Å². The number of carbonyl (C=O) groups excluding carboxylic acids is 1. The number of hydrogen-bond donors (Lipinski definition) is 1. The minimum absolute atomic E-state index is 0.0774. The molecule has 1 aromatic heterocycles. The van der Waals surface area contributed by atoms with Gasteiger partial charge >= 0.3 is 0 Å². The van der Waals surface area contributed by atoms with Crippen molar-refractivity contribution in [3.63, 3.8) is 0 Å². The van der Waals surface area contributed by atoms with Gasteiger partial charge in [-0.2, -0.15) is 0 Å². The zero-order chi connectivity index (χ0) is 18.9. The van der Waals surface area contributed by atoms with Crippen molar-refractivity contribution in [2.45, 2.75) is 66.2 Å². The number of carbonyl (C=O) groups is 1. The lowest BCUT2D eigenvalue weighted by Gasteiger charge is -2.25. The first-order chi connectivity index (χ1) is 11.7. The molecule has 0 unspecified atom stereocenters. The Balaban J connectivity index is 2.44. The third-order valence-electron chi connectivity index (χ3n) is 3.63. The van der Waals surface area contributed by atoms with Crippen molar-refractivity contribution >= 4 is 5.78 Å². The molecule has 0 spiro atoms. The zero-order valence-corrected chi connectivity index (χ0v) is 16.2. The normalized spacial score (nSPS) is 12.1. The smallest absolute Gasteiger partial charge is 0.155 e. The van der Waals surface area contributed by atoms with Crippen molar-refractivity contribution in [2.75, 3.05) is 6.61 Å². The van der Waals surface area contributed by atoms with Crippen molar-refractivity contribution in [3.8, 4) is 0 Å². The standard InChI is InChI=1S/C19H32N4O2/c1-7-18(24)9-8-16(4)20-12-17-13-23(22-21-17)14-19(5,6)25-11-10-15(2)3/h8-9,13,15,20H,4,7,10-12,14H2,1-3,5-6H3/b9-8+. The molecule has 0 aliphatic rings. The molecule has 0 radical (unpaired) electrons. The Hall–Kier alpha value is -1.95. The molecule has 0 saturated heterocycles. The predicted molar refractivity (Wildman–Crippen MR) is 99.9 cm³/mol. The van der Waals surface area contributed by atoms with Gasteiger partial charge in [-0.25, -0.2) is 4.68 Å². The number of ether oxygens (including phenoxy) is 1. The van der Waals surface area contributed by atoms with Crippen LogP contribution >= 0.6 is 0 Å². The van der Waals surface area contributed by atoms with E-state index < -0.39 is 0 Å². The highest BCUT2D eigenvalue weighted by atomic mass is 16.5. The van der Waals surface area contributed by atoms with Gasteiger partial charge in [-0.15, -0.1) is 5.10 Å². The molecule has 0 aromatic carbocycles. The average molecular weight is 348 g/mol. The second-order valence-corrected chi connectivity index (χ2v) is 7.23. The van der Waals surface area contributed by atoms with Crippen LogP contribution in [0, 0.1) is 5.92 Å². The summed E-state index contributed by atoms with van der Waals surface area (Å²) in [4.78, 5) is 11.2. The molecule has 1 aromatic rings. The number of rotatable bonds is 12. The lowest BCUT2D eigenvalue weighted by Crippen LogP contribution is -2.31. The summed E-state index contributed by atoms with van der Waals surface area (Å²) in [5, 5.41) is 11.4. The second kappa shape index (κ2) is 10.1. The number of allylic oxidation sites excluding steroid dienone is 2. The first-order valence-corrected chi connectivity index (χ1v) is 8.88. The number of nitrogens with one attached hydrogen (secondary N) is 1. The molecule has 0 aliphatic carbocycles. The van der Waals surface area contributed by atoms with Gasteiger partial charge in [0.25, 0.3) is 0 Å². The lowest BCUT2D eigenvalue weighted by molar-refractivity contribution is -0.114. The fourth-order valence-electron chi connectivity index (χ4n) is 2.08. The van der Waals surface area contributed by atoms with Crippen molar-refractivity contribution in [3.05, 3.63) is 36.3 Å². The van der Waals surface area contributed by atoms with Gasteiger partial charge in [0.1, 0.15) is 5.69 Å². The molecule has 0 fully saturated rings. The summed E-state index contributed by atoms with van der Waals surface area (Å²) in [5.41, 5.74) is 1.20. The van der Waals surface area contributed by atoms with E-state index in [4.69, 9.17) is 4.74 Å². The van der Waals surface area contributed by atoms with Crippen LogP contribution in [0.25, 0.3) is 0 Å². The first kappa shape index (κ1) is 21.1. The summed E-state index contributed by atoms with van der Waals surface area (Å²) < 4.78 is 7.75. The Labute approximate surface area is 151 Å². The van der Waals surface area contributed by atoms with Gasteiger partial charge in [0.05, 0.1) is 24.9 Å². The molecular weight excluding hydrogens is 316 g/mol. The van der Waals surface area contributed by atoms with E-state index in [2.05, 4.69) is 49.9 Å². The fourth-order valence-corrected chi connectivity index (χ4v) is 2.08.